The Labute approximate surface area is 106 Å². The summed E-state index contributed by atoms with van der Waals surface area (Å²) < 4.78 is 14.7. The molecule has 1 atom stereocenters. The second kappa shape index (κ2) is 5.73. The van der Waals surface area contributed by atoms with Gasteiger partial charge in [0.2, 0.25) is 0 Å². The van der Waals surface area contributed by atoms with E-state index in [9.17, 15) is 4.39 Å². The Morgan fingerprint density at radius 3 is 2.94 bits per heavy atom. The number of nitrogens with one attached hydrogen (secondary N) is 1. The molecule has 4 nitrogen and oxygen atoms in total. The smallest absolute Gasteiger partial charge is 0.164 e. The molecule has 0 spiro atoms. The van der Waals surface area contributed by atoms with Crippen LogP contribution in [0.1, 0.15) is 18.3 Å². The number of halogens is 1. The summed E-state index contributed by atoms with van der Waals surface area (Å²) in [6, 6.07) is 6.93. The molecule has 2 rings (SSSR count). The van der Waals surface area contributed by atoms with Crippen LogP contribution in [0.4, 0.5) is 4.39 Å². The number of aryl methyl sites for hydroxylation is 1. The Balaban J connectivity index is 1.83. The maximum absolute atomic E-state index is 13.0. The first-order valence-electron chi connectivity index (χ1n) is 5.96. The summed E-state index contributed by atoms with van der Waals surface area (Å²) in [5, 5.41) is 7.51. The van der Waals surface area contributed by atoms with Gasteiger partial charge in [-0.1, -0.05) is 12.1 Å². The number of hydrogen-bond acceptors (Lipinski definition) is 3. The van der Waals surface area contributed by atoms with Crippen molar-refractivity contribution in [3.05, 3.63) is 47.8 Å². The van der Waals surface area contributed by atoms with Gasteiger partial charge in [-0.15, -0.1) is 0 Å². The van der Waals surface area contributed by atoms with Crippen LogP contribution in [-0.2, 0) is 20.0 Å². The third-order valence-electron chi connectivity index (χ3n) is 2.69. The van der Waals surface area contributed by atoms with Crippen LogP contribution in [0, 0.1) is 5.82 Å². The number of hydrogen-bond donors (Lipinski definition) is 1. The van der Waals surface area contributed by atoms with Gasteiger partial charge in [0.1, 0.15) is 12.1 Å². The fourth-order valence-electron chi connectivity index (χ4n) is 1.82. The molecule has 0 saturated carbocycles. The van der Waals surface area contributed by atoms with Gasteiger partial charge in [0.25, 0.3) is 0 Å². The molecule has 96 valence electrons. The summed E-state index contributed by atoms with van der Waals surface area (Å²) in [6.45, 7) is 2.69. The zero-order valence-corrected chi connectivity index (χ0v) is 10.6. The first-order chi connectivity index (χ1) is 8.63. The van der Waals surface area contributed by atoms with E-state index in [2.05, 4.69) is 22.3 Å². The molecule has 1 aromatic carbocycles. The van der Waals surface area contributed by atoms with E-state index in [0.717, 1.165) is 17.8 Å². The average molecular weight is 248 g/mol. The van der Waals surface area contributed by atoms with Crippen LogP contribution >= 0.6 is 0 Å². The topological polar surface area (TPSA) is 42.7 Å². The molecular weight excluding hydrogens is 231 g/mol. The first-order valence-corrected chi connectivity index (χ1v) is 5.96. The highest BCUT2D eigenvalue weighted by atomic mass is 19.1. The van der Waals surface area contributed by atoms with E-state index in [1.807, 2.05) is 13.1 Å². The van der Waals surface area contributed by atoms with Crippen molar-refractivity contribution in [2.45, 2.75) is 25.9 Å². The van der Waals surface area contributed by atoms with Crippen molar-refractivity contribution in [1.29, 1.82) is 0 Å². The van der Waals surface area contributed by atoms with E-state index in [4.69, 9.17) is 0 Å². The minimum atomic E-state index is -0.189. The second-order valence-corrected chi connectivity index (χ2v) is 4.45. The maximum atomic E-state index is 13.0. The van der Waals surface area contributed by atoms with Crippen molar-refractivity contribution in [2.75, 3.05) is 0 Å². The van der Waals surface area contributed by atoms with E-state index < -0.39 is 0 Å². The summed E-state index contributed by atoms with van der Waals surface area (Å²) >= 11 is 0. The van der Waals surface area contributed by atoms with Crippen molar-refractivity contribution >= 4 is 0 Å². The summed E-state index contributed by atoms with van der Waals surface area (Å²) in [5.41, 5.74) is 0.990. The molecule has 1 unspecified atom stereocenters. The van der Waals surface area contributed by atoms with Gasteiger partial charge in [0.15, 0.2) is 5.82 Å². The molecule has 1 N–H and O–H groups in total. The molecule has 0 amide bonds. The molecule has 0 aliphatic carbocycles. The lowest BCUT2D eigenvalue weighted by Gasteiger charge is -2.12. The van der Waals surface area contributed by atoms with Crippen molar-refractivity contribution in [1.82, 2.24) is 20.1 Å². The van der Waals surface area contributed by atoms with E-state index in [0.29, 0.717) is 6.54 Å². The maximum Gasteiger partial charge on any atom is 0.164 e. The minimum absolute atomic E-state index is 0.189. The van der Waals surface area contributed by atoms with Gasteiger partial charge >= 0.3 is 0 Å². The van der Waals surface area contributed by atoms with Crippen LogP contribution in [0.5, 0.6) is 0 Å². The van der Waals surface area contributed by atoms with Crippen molar-refractivity contribution < 1.29 is 4.39 Å². The van der Waals surface area contributed by atoms with E-state index in [1.165, 1.54) is 6.07 Å². The number of aromatic nitrogens is 3. The third kappa shape index (κ3) is 3.63. The van der Waals surface area contributed by atoms with Gasteiger partial charge in [-0.05, 0) is 31.0 Å². The summed E-state index contributed by atoms with van der Waals surface area (Å²) in [7, 11) is 1.84. The molecule has 0 radical (unpaired) electrons. The van der Waals surface area contributed by atoms with Crippen LogP contribution in [0.25, 0.3) is 0 Å². The Morgan fingerprint density at radius 1 is 1.44 bits per heavy atom. The van der Waals surface area contributed by atoms with Gasteiger partial charge in [-0.25, -0.2) is 9.37 Å². The molecule has 0 saturated heterocycles. The number of benzene rings is 1. The predicted molar refractivity (Wildman–Crippen MR) is 67.4 cm³/mol. The highest BCUT2D eigenvalue weighted by molar-refractivity contribution is 5.17. The normalized spacial score (nSPS) is 12.6. The van der Waals surface area contributed by atoms with E-state index in [1.54, 1.807) is 23.1 Å². The van der Waals surface area contributed by atoms with Gasteiger partial charge in [-0.2, -0.15) is 5.10 Å². The fraction of sp³-hybridized carbons (Fsp3) is 0.385. The van der Waals surface area contributed by atoms with Crippen LogP contribution in [0.2, 0.25) is 0 Å². The van der Waals surface area contributed by atoms with Gasteiger partial charge in [0, 0.05) is 13.1 Å². The second-order valence-electron chi connectivity index (χ2n) is 4.45. The highest BCUT2D eigenvalue weighted by Crippen LogP contribution is 2.06. The third-order valence-corrected chi connectivity index (χ3v) is 2.69. The molecular formula is C13H17FN4. The van der Waals surface area contributed by atoms with Crippen molar-refractivity contribution in [2.24, 2.45) is 7.05 Å². The summed E-state index contributed by atoms with van der Waals surface area (Å²) in [5.74, 6) is 0.578. The monoisotopic (exact) mass is 248 g/mol. The molecule has 1 aromatic heterocycles. The molecule has 2 aromatic rings. The van der Waals surface area contributed by atoms with Crippen LogP contribution in [0.3, 0.4) is 0 Å². The van der Waals surface area contributed by atoms with Gasteiger partial charge < -0.3 is 5.32 Å². The summed E-state index contributed by atoms with van der Waals surface area (Å²) in [6.07, 6.45) is 2.46. The van der Waals surface area contributed by atoms with Gasteiger partial charge in [-0.3, -0.25) is 4.68 Å². The van der Waals surface area contributed by atoms with Crippen molar-refractivity contribution in [3.8, 4) is 0 Å². The lowest BCUT2D eigenvalue weighted by molar-refractivity contribution is 0.529. The lowest BCUT2D eigenvalue weighted by atomic mass is 10.1. The number of nitrogens with zero attached hydrogens (tertiary/aromatic N) is 3. The summed E-state index contributed by atoms with van der Waals surface area (Å²) in [4.78, 5) is 4.14. The largest absolute Gasteiger partial charge is 0.307 e. The predicted octanol–water partition coefficient (Wildman–Crippen LogP) is 1.68. The molecule has 0 bridgehead atoms. The molecule has 5 heteroatoms. The molecule has 18 heavy (non-hydrogen) atoms. The van der Waals surface area contributed by atoms with Crippen LogP contribution in [0.15, 0.2) is 30.6 Å². The van der Waals surface area contributed by atoms with Crippen LogP contribution in [-0.4, -0.2) is 20.8 Å². The van der Waals surface area contributed by atoms with Crippen LogP contribution < -0.4 is 5.32 Å². The lowest BCUT2D eigenvalue weighted by Crippen LogP contribution is -2.28. The zero-order chi connectivity index (χ0) is 13.0. The quantitative estimate of drug-likeness (QED) is 0.875. The zero-order valence-electron chi connectivity index (χ0n) is 10.6. The SMILES string of the molecule is CC(Cc1cccc(F)c1)NCc1ncn(C)n1. The fourth-order valence-corrected chi connectivity index (χ4v) is 1.82. The van der Waals surface area contributed by atoms with E-state index >= 15 is 0 Å². The minimum Gasteiger partial charge on any atom is -0.307 e. The Morgan fingerprint density at radius 2 is 2.28 bits per heavy atom. The van der Waals surface area contributed by atoms with Crippen molar-refractivity contribution in [3.63, 3.8) is 0 Å². The standard InChI is InChI=1S/C13H17FN4/c1-10(6-11-4-3-5-12(14)7-11)15-8-13-16-9-18(2)17-13/h3-5,7,9-10,15H,6,8H2,1-2H3. The molecule has 1 heterocycles. The Hall–Kier alpha value is -1.75. The Kier molecular flexibility index (Phi) is 4.04. The first kappa shape index (κ1) is 12.7. The average Bonchev–Trinajstić information content (AvgIpc) is 2.73. The number of rotatable bonds is 5. The molecule has 0 aliphatic heterocycles. The van der Waals surface area contributed by atoms with Gasteiger partial charge in [0.05, 0.1) is 6.54 Å². The Bertz CT molecular complexity index is 509. The van der Waals surface area contributed by atoms with E-state index in [-0.39, 0.29) is 11.9 Å². The molecule has 0 fully saturated rings. The molecule has 0 aliphatic rings. The highest BCUT2D eigenvalue weighted by Gasteiger charge is 2.05.